The molecule has 0 aliphatic carbocycles. The maximum absolute atomic E-state index is 13.2. The minimum atomic E-state index is -3.08. The number of carbonyl (C=O) groups is 1. The Hall–Kier alpha value is -1.73. The zero-order valence-electron chi connectivity index (χ0n) is 11.3. The molecule has 1 atom stereocenters. The Labute approximate surface area is 131 Å². The number of amides is 1. The van der Waals surface area contributed by atoms with E-state index >= 15 is 0 Å². The Morgan fingerprint density at radius 3 is 2.82 bits per heavy atom. The van der Waals surface area contributed by atoms with Gasteiger partial charge in [-0.05, 0) is 24.6 Å². The molecule has 0 saturated carbocycles. The molecule has 5 nitrogen and oxygen atoms in total. The Balaban J connectivity index is 1.88. The van der Waals surface area contributed by atoms with Crippen molar-refractivity contribution in [3.05, 3.63) is 40.8 Å². The second kappa shape index (κ2) is 5.48. The van der Waals surface area contributed by atoms with E-state index in [4.69, 9.17) is 11.6 Å². The van der Waals surface area contributed by atoms with E-state index < -0.39 is 27.6 Å². The van der Waals surface area contributed by atoms with Gasteiger partial charge >= 0.3 is 0 Å². The third-order valence-corrected chi connectivity index (χ3v) is 5.60. The van der Waals surface area contributed by atoms with E-state index in [1.54, 1.807) is 0 Å². The van der Waals surface area contributed by atoms with Crippen LogP contribution in [0.3, 0.4) is 0 Å². The van der Waals surface area contributed by atoms with Crippen molar-refractivity contribution >= 4 is 38.2 Å². The number of nitrogens with zero attached hydrogens (tertiary/aromatic N) is 1. The van der Waals surface area contributed by atoms with Gasteiger partial charge in [-0.25, -0.2) is 17.8 Å². The molecule has 1 fully saturated rings. The van der Waals surface area contributed by atoms with Gasteiger partial charge in [0.15, 0.2) is 9.84 Å². The zero-order chi connectivity index (χ0) is 15.9. The van der Waals surface area contributed by atoms with Gasteiger partial charge in [-0.15, -0.1) is 0 Å². The number of benzene rings is 1. The Bertz CT molecular complexity index is 870. The lowest BCUT2D eigenvalue weighted by atomic mass is 10.1. The summed E-state index contributed by atoms with van der Waals surface area (Å²) in [6.07, 6.45) is 0.387. The largest absolute Gasteiger partial charge is 0.348 e. The molecule has 8 heteroatoms. The van der Waals surface area contributed by atoms with Gasteiger partial charge in [0.2, 0.25) is 0 Å². The first kappa shape index (κ1) is 15.2. The second-order valence-corrected chi connectivity index (χ2v) is 7.82. The Kier molecular flexibility index (Phi) is 3.78. The number of nitrogens with one attached hydrogen (secondary N) is 1. The van der Waals surface area contributed by atoms with Gasteiger partial charge in [0.1, 0.15) is 11.0 Å². The van der Waals surface area contributed by atoms with Crippen molar-refractivity contribution in [2.24, 2.45) is 0 Å². The molecule has 1 amide bonds. The number of fused-ring (bicyclic) bond motifs is 1. The molecule has 3 rings (SSSR count). The third kappa shape index (κ3) is 3.05. The molecule has 1 aliphatic rings. The number of pyridine rings is 1. The molecule has 2 heterocycles. The number of hydrogen-bond acceptors (Lipinski definition) is 4. The molecular formula is C14H12ClFN2O3S. The van der Waals surface area contributed by atoms with Crippen LogP contribution in [-0.2, 0) is 9.84 Å². The third-order valence-electron chi connectivity index (χ3n) is 3.55. The zero-order valence-corrected chi connectivity index (χ0v) is 12.9. The van der Waals surface area contributed by atoms with Crippen LogP contribution in [0.1, 0.15) is 16.8 Å². The van der Waals surface area contributed by atoms with Gasteiger partial charge < -0.3 is 5.32 Å². The number of aromatic nitrogens is 1. The van der Waals surface area contributed by atoms with E-state index in [1.165, 1.54) is 24.3 Å². The van der Waals surface area contributed by atoms with Gasteiger partial charge in [0.25, 0.3) is 5.91 Å². The van der Waals surface area contributed by atoms with E-state index in [-0.39, 0.29) is 22.2 Å². The average Bonchev–Trinajstić information content (AvgIpc) is 2.76. The lowest BCUT2D eigenvalue weighted by Gasteiger charge is -2.12. The highest BCUT2D eigenvalue weighted by molar-refractivity contribution is 7.91. The molecule has 0 bridgehead atoms. The van der Waals surface area contributed by atoms with Crippen molar-refractivity contribution in [3.63, 3.8) is 0 Å². The standard InChI is InChI=1S/C14H12ClFN2O3S/c15-13-11(5-8-1-2-9(16)6-12(8)18-13)14(19)17-10-3-4-22(20,21)7-10/h1-2,5-6,10H,3-4,7H2,(H,17,19). The Morgan fingerprint density at radius 1 is 1.36 bits per heavy atom. The first-order valence-corrected chi connectivity index (χ1v) is 8.81. The maximum atomic E-state index is 13.2. The van der Waals surface area contributed by atoms with Gasteiger partial charge in [0.05, 0.1) is 22.6 Å². The summed E-state index contributed by atoms with van der Waals surface area (Å²) in [5, 5.41) is 3.18. The molecule has 1 unspecified atom stereocenters. The van der Waals surface area contributed by atoms with Crippen LogP contribution in [0.2, 0.25) is 5.15 Å². The van der Waals surface area contributed by atoms with E-state index in [0.29, 0.717) is 17.3 Å². The van der Waals surface area contributed by atoms with Crippen LogP contribution < -0.4 is 5.32 Å². The van der Waals surface area contributed by atoms with Crippen molar-refractivity contribution in [2.75, 3.05) is 11.5 Å². The predicted octanol–water partition coefficient (Wildman–Crippen LogP) is 1.94. The van der Waals surface area contributed by atoms with Crippen LogP contribution in [0.15, 0.2) is 24.3 Å². The van der Waals surface area contributed by atoms with E-state index in [9.17, 15) is 17.6 Å². The predicted molar refractivity (Wildman–Crippen MR) is 81.2 cm³/mol. The fraction of sp³-hybridized carbons (Fsp3) is 0.286. The van der Waals surface area contributed by atoms with Crippen molar-refractivity contribution in [1.82, 2.24) is 10.3 Å². The fourth-order valence-electron chi connectivity index (χ4n) is 2.45. The van der Waals surface area contributed by atoms with Crippen LogP contribution in [0, 0.1) is 5.82 Å². The van der Waals surface area contributed by atoms with E-state index in [1.807, 2.05) is 0 Å². The number of halogens is 2. The lowest BCUT2D eigenvalue weighted by molar-refractivity contribution is 0.0941. The smallest absolute Gasteiger partial charge is 0.254 e. The number of hydrogen-bond donors (Lipinski definition) is 1. The average molecular weight is 343 g/mol. The first-order chi connectivity index (χ1) is 10.3. The van der Waals surface area contributed by atoms with Crippen molar-refractivity contribution in [2.45, 2.75) is 12.5 Å². The highest BCUT2D eigenvalue weighted by Crippen LogP contribution is 2.22. The Morgan fingerprint density at radius 2 is 2.14 bits per heavy atom. The van der Waals surface area contributed by atoms with E-state index in [0.717, 1.165) is 0 Å². The summed E-state index contributed by atoms with van der Waals surface area (Å²) in [5.41, 5.74) is 0.495. The van der Waals surface area contributed by atoms with Gasteiger partial charge in [-0.2, -0.15) is 0 Å². The SMILES string of the molecule is O=C(NC1CCS(=O)(=O)C1)c1cc2ccc(F)cc2nc1Cl. The lowest BCUT2D eigenvalue weighted by Crippen LogP contribution is -2.35. The van der Waals surface area contributed by atoms with Gasteiger partial charge in [-0.3, -0.25) is 4.79 Å². The van der Waals surface area contributed by atoms with Gasteiger partial charge in [0, 0.05) is 17.5 Å². The molecule has 0 radical (unpaired) electrons. The highest BCUT2D eigenvalue weighted by Gasteiger charge is 2.29. The molecule has 116 valence electrons. The number of carbonyl (C=O) groups excluding carboxylic acids is 1. The molecular weight excluding hydrogens is 331 g/mol. The fourth-order valence-corrected chi connectivity index (χ4v) is 4.35. The second-order valence-electron chi connectivity index (χ2n) is 5.24. The van der Waals surface area contributed by atoms with Crippen molar-refractivity contribution in [3.8, 4) is 0 Å². The van der Waals surface area contributed by atoms with E-state index in [2.05, 4.69) is 10.3 Å². The van der Waals surface area contributed by atoms with Crippen LogP contribution >= 0.6 is 11.6 Å². The molecule has 22 heavy (non-hydrogen) atoms. The molecule has 2 aromatic rings. The highest BCUT2D eigenvalue weighted by atomic mass is 35.5. The minimum Gasteiger partial charge on any atom is -0.348 e. The molecule has 1 N–H and O–H groups in total. The quantitative estimate of drug-likeness (QED) is 0.846. The topological polar surface area (TPSA) is 76.1 Å². The minimum absolute atomic E-state index is 0.0449. The number of rotatable bonds is 2. The van der Waals surface area contributed by atoms with Crippen molar-refractivity contribution in [1.29, 1.82) is 0 Å². The van der Waals surface area contributed by atoms with Crippen LogP contribution in [0.5, 0.6) is 0 Å². The molecule has 1 aliphatic heterocycles. The van der Waals surface area contributed by atoms with Crippen molar-refractivity contribution < 1.29 is 17.6 Å². The number of sulfone groups is 1. The molecule has 1 aromatic carbocycles. The first-order valence-electron chi connectivity index (χ1n) is 6.61. The van der Waals surface area contributed by atoms with Crippen LogP contribution in [0.4, 0.5) is 4.39 Å². The van der Waals surface area contributed by atoms with Gasteiger partial charge in [-0.1, -0.05) is 11.6 Å². The summed E-state index contributed by atoms with van der Waals surface area (Å²) in [5.74, 6) is -0.918. The summed E-state index contributed by atoms with van der Waals surface area (Å²) < 4.78 is 36.0. The monoisotopic (exact) mass is 342 g/mol. The molecule has 0 spiro atoms. The normalized spacial score (nSPS) is 20.2. The summed E-state index contributed by atoms with van der Waals surface area (Å²) in [6, 6.07) is 5.10. The summed E-state index contributed by atoms with van der Waals surface area (Å²) in [7, 11) is -3.08. The van der Waals surface area contributed by atoms with Crippen LogP contribution in [-0.4, -0.2) is 36.9 Å². The molecule has 1 aromatic heterocycles. The summed E-state index contributed by atoms with van der Waals surface area (Å²) in [6.45, 7) is 0. The summed E-state index contributed by atoms with van der Waals surface area (Å²) >= 11 is 5.98. The molecule has 1 saturated heterocycles. The van der Waals surface area contributed by atoms with Crippen LogP contribution in [0.25, 0.3) is 10.9 Å². The maximum Gasteiger partial charge on any atom is 0.254 e. The summed E-state index contributed by atoms with van der Waals surface area (Å²) in [4.78, 5) is 16.2.